The third kappa shape index (κ3) is 2.74. The molecule has 0 radical (unpaired) electrons. The maximum absolute atomic E-state index is 11.9. The van der Waals surface area contributed by atoms with E-state index in [1.54, 1.807) is 6.92 Å². The molecule has 8 heteroatoms. The predicted molar refractivity (Wildman–Crippen MR) is 67.5 cm³/mol. The SMILES string of the molecule is Cc1cc(NS(=O)(=O)c2cn[nH]c2)ccc1C(=O)O. The van der Waals surface area contributed by atoms with Crippen molar-refractivity contribution in [1.82, 2.24) is 10.2 Å². The molecule has 100 valence electrons. The predicted octanol–water partition coefficient (Wildman–Crippen LogP) is 1.22. The molecule has 0 aliphatic carbocycles. The zero-order valence-electron chi connectivity index (χ0n) is 9.91. The lowest BCUT2D eigenvalue weighted by Gasteiger charge is -2.08. The topological polar surface area (TPSA) is 112 Å². The Morgan fingerprint density at radius 1 is 1.42 bits per heavy atom. The molecule has 0 atom stereocenters. The van der Waals surface area contributed by atoms with Crippen molar-refractivity contribution in [2.45, 2.75) is 11.8 Å². The smallest absolute Gasteiger partial charge is 0.335 e. The minimum atomic E-state index is -3.71. The fourth-order valence-corrected chi connectivity index (χ4v) is 2.52. The van der Waals surface area contributed by atoms with Crippen molar-refractivity contribution in [2.75, 3.05) is 4.72 Å². The van der Waals surface area contributed by atoms with Crippen LogP contribution < -0.4 is 4.72 Å². The Balaban J connectivity index is 2.30. The van der Waals surface area contributed by atoms with Crippen LogP contribution in [0.3, 0.4) is 0 Å². The van der Waals surface area contributed by atoms with Gasteiger partial charge in [-0.2, -0.15) is 5.10 Å². The summed E-state index contributed by atoms with van der Waals surface area (Å²) in [7, 11) is -3.71. The van der Waals surface area contributed by atoms with E-state index in [0.29, 0.717) is 11.3 Å². The number of nitrogens with one attached hydrogen (secondary N) is 2. The van der Waals surface area contributed by atoms with Gasteiger partial charge in [-0.25, -0.2) is 13.2 Å². The van der Waals surface area contributed by atoms with Crippen LogP contribution in [0.25, 0.3) is 0 Å². The third-order valence-electron chi connectivity index (χ3n) is 2.49. The Labute approximate surface area is 109 Å². The highest BCUT2D eigenvalue weighted by Gasteiger charge is 2.16. The molecular weight excluding hydrogens is 270 g/mol. The van der Waals surface area contributed by atoms with E-state index >= 15 is 0 Å². The van der Waals surface area contributed by atoms with E-state index in [2.05, 4.69) is 14.9 Å². The molecule has 0 unspecified atom stereocenters. The molecule has 2 aromatic rings. The number of sulfonamides is 1. The quantitative estimate of drug-likeness (QED) is 0.780. The van der Waals surface area contributed by atoms with Crippen molar-refractivity contribution in [3.8, 4) is 0 Å². The van der Waals surface area contributed by atoms with E-state index < -0.39 is 16.0 Å². The van der Waals surface area contributed by atoms with Gasteiger partial charge in [-0.15, -0.1) is 0 Å². The van der Waals surface area contributed by atoms with E-state index in [-0.39, 0.29) is 10.5 Å². The summed E-state index contributed by atoms with van der Waals surface area (Å²) in [5, 5.41) is 14.9. The largest absolute Gasteiger partial charge is 0.478 e. The highest BCUT2D eigenvalue weighted by molar-refractivity contribution is 7.92. The summed E-state index contributed by atoms with van der Waals surface area (Å²) >= 11 is 0. The lowest BCUT2D eigenvalue weighted by molar-refractivity contribution is 0.0696. The van der Waals surface area contributed by atoms with Gasteiger partial charge in [0, 0.05) is 11.9 Å². The molecule has 1 aromatic carbocycles. The van der Waals surface area contributed by atoms with Crippen molar-refractivity contribution < 1.29 is 18.3 Å². The highest BCUT2D eigenvalue weighted by atomic mass is 32.2. The van der Waals surface area contributed by atoms with Crippen molar-refractivity contribution in [2.24, 2.45) is 0 Å². The number of hydrogen-bond acceptors (Lipinski definition) is 4. The van der Waals surface area contributed by atoms with Crippen molar-refractivity contribution in [3.05, 3.63) is 41.7 Å². The monoisotopic (exact) mass is 281 g/mol. The standard InChI is InChI=1S/C11H11N3O4S/c1-7-4-8(2-3-10(7)11(15)16)14-19(17,18)9-5-12-13-6-9/h2-6,14H,1H3,(H,12,13)(H,15,16). The van der Waals surface area contributed by atoms with E-state index in [4.69, 9.17) is 5.11 Å². The van der Waals surface area contributed by atoms with Crippen LogP contribution >= 0.6 is 0 Å². The van der Waals surface area contributed by atoms with Gasteiger partial charge in [-0.05, 0) is 30.7 Å². The van der Waals surface area contributed by atoms with Gasteiger partial charge < -0.3 is 5.11 Å². The highest BCUT2D eigenvalue weighted by Crippen LogP contribution is 2.18. The Kier molecular flexibility index (Phi) is 3.26. The number of aromatic carboxylic acids is 1. The van der Waals surface area contributed by atoms with Crippen LogP contribution in [-0.4, -0.2) is 29.7 Å². The first kappa shape index (κ1) is 13.1. The Bertz CT molecular complexity index is 708. The Hall–Kier alpha value is -2.35. The molecule has 3 N–H and O–H groups in total. The molecule has 2 rings (SSSR count). The minimum Gasteiger partial charge on any atom is -0.478 e. The summed E-state index contributed by atoms with van der Waals surface area (Å²) in [5.41, 5.74) is 0.898. The van der Waals surface area contributed by atoms with Gasteiger partial charge in [-0.3, -0.25) is 9.82 Å². The van der Waals surface area contributed by atoms with E-state index in [0.717, 1.165) is 0 Å². The first-order valence-corrected chi connectivity index (χ1v) is 6.74. The maximum Gasteiger partial charge on any atom is 0.335 e. The lowest BCUT2D eigenvalue weighted by atomic mass is 10.1. The van der Waals surface area contributed by atoms with Gasteiger partial charge in [0.1, 0.15) is 4.90 Å². The van der Waals surface area contributed by atoms with E-state index in [9.17, 15) is 13.2 Å². The molecule has 19 heavy (non-hydrogen) atoms. The summed E-state index contributed by atoms with van der Waals surface area (Å²) in [6.45, 7) is 1.60. The van der Waals surface area contributed by atoms with Gasteiger partial charge in [-0.1, -0.05) is 0 Å². The van der Waals surface area contributed by atoms with E-state index in [1.165, 1.54) is 30.6 Å². The van der Waals surface area contributed by atoms with Gasteiger partial charge in [0.05, 0.1) is 11.8 Å². The van der Waals surface area contributed by atoms with Gasteiger partial charge >= 0.3 is 5.97 Å². The fraction of sp³-hybridized carbons (Fsp3) is 0.0909. The number of carboxylic acid groups (broad SMARTS) is 1. The first-order chi connectivity index (χ1) is 8.90. The van der Waals surface area contributed by atoms with Crippen LogP contribution in [0.1, 0.15) is 15.9 Å². The average molecular weight is 281 g/mol. The number of rotatable bonds is 4. The number of benzene rings is 1. The third-order valence-corrected chi connectivity index (χ3v) is 3.84. The zero-order valence-corrected chi connectivity index (χ0v) is 10.7. The average Bonchev–Trinajstić information content (AvgIpc) is 2.81. The molecule has 0 aliphatic rings. The number of hydrogen-bond donors (Lipinski definition) is 3. The van der Waals surface area contributed by atoms with Crippen molar-refractivity contribution >= 4 is 21.7 Å². The summed E-state index contributed by atoms with van der Waals surface area (Å²) < 4.78 is 26.2. The molecule has 0 aliphatic heterocycles. The minimum absolute atomic E-state index is 0.00691. The number of aromatic amines is 1. The molecule has 1 heterocycles. The van der Waals surface area contributed by atoms with Gasteiger partial charge in [0.15, 0.2) is 0 Å². The van der Waals surface area contributed by atoms with Crippen LogP contribution in [0.4, 0.5) is 5.69 Å². The fourth-order valence-electron chi connectivity index (χ4n) is 1.57. The van der Waals surface area contributed by atoms with Gasteiger partial charge in [0.2, 0.25) is 0 Å². The summed E-state index contributed by atoms with van der Waals surface area (Å²) in [5.74, 6) is -1.05. The molecule has 0 saturated heterocycles. The number of aromatic nitrogens is 2. The molecule has 0 saturated carbocycles. The lowest BCUT2D eigenvalue weighted by Crippen LogP contribution is -2.12. The molecular formula is C11H11N3O4S. The number of aryl methyl sites for hydroxylation is 1. The van der Waals surface area contributed by atoms with Crippen molar-refractivity contribution in [1.29, 1.82) is 0 Å². The van der Waals surface area contributed by atoms with Crippen LogP contribution in [0.15, 0.2) is 35.5 Å². The normalized spacial score (nSPS) is 11.2. The molecule has 0 fully saturated rings. The first-order valence-electron chi connectivity index (χ1n) is 5.26. The number of H-pyrrole nitrogens is 1. The molecule has 7 nitrogen and oxygen atoms in total. The van der Waals surface area contributed by atoms with E-state index in [1.807, 2.05) is 0 Å². The summed E-state index contributed by atoms with van der Waals surface area (Å²) in [4.78, 5) is 10.9. The molecule has 1 aromatic heterocycles. The van der Waals surface area contributed by atoms with Crippen LogP contribution in [0.2, 0.25) is 0 Å². The number of nitrogens with zero attached hydrogens (tertiary/aromatic N) is 1. The van der Waals surface area contributed by atoms with Crippen LogP contribution in [0.5, 0.6) is 0 Å². The second kappa shape index (κ2) is 4.73. The zero-order chi connectivity index (χ0) is 14.0. The second-order valence-corrected chi connectivity index (χ2v) is 5.56. The van der Waals surface area contributed by atoms with Crippen LogP contribution in [-0.2, 0) is 10.0 Å². The number of carboxylic acids is 1. The number of carbonyl (C=O) groups is 1. The Morgan fingerprint density at radius 2 is 2.16 bits per heavy atom. The van der Waals surface area contributed by atoms with Crippen LogP contribution in [0, 0.1) is 6.92 Å². The summed E-state index contributed by atoms with van der Waals surface area (Å²) in [6, 6.07) is 4.21. The van der Waals surface area contributed by atoms with Crippen molar-refractivity contribution in [3.63, 3.8) is 0 Å². The molecule has 0 bridgehead atoms. The molecule has 0 amide bonds. The maximum atomic E-state index is 11.9. The van der Waals surface area contributed by atoms with Gasteiger partial charge in [0.25, 0.3) is 10.0 Å². The summed E-state index contributed by atoms with van der Waals surface area (Å²) in [6.07, 6.45) is 2.43. The molecule has 0 spiro atoms. The Morgan fingerprint density at radius 3 is 2.68 bits per heavy atom. The second-order valence-electron chi connectivity index (χ2n) is 3.87. The number of anilines is 1.